The van der Waals surface area contributed by atoms with Crippen molar-refractivity contribution in [2.75, 3.05) is 7.11 Å². The van der Waals surface area contributed by atoms with Gasteiger partial charge in [0.1, 0.15) is 11.6 Å². The number of pyridine rings is 1. The van der Waals surface area contributed by atoms with Crippen molar-refractivity contribution < 1.29 is 9.47 Å². The second-order valence-corrected chi connectivity index (χ2v) is 6.26. The molecule has 3 heterocycles. The normalized spacial score (nSPS) is 10.8. The Balaban J connectivity index is 1.40. The minimum absolute atomic E-state index is 0.542. The molecular weight excluding hydrogens is 350 g/mol. The fourth-order valence-corrected chi connectivity index (χ4v) is 2.95. The Morgan fingerprint density at radius 3 is 2.54 bits per heavy atom. The number of rotatable bonds is 6. The first-order valence-corrected chi connectivity index (χ1v) is 8.86. The average Bonchev–Trinajstić information content (AvgIpc) is 3.10. The van der Waals surface area contributed by atoms with Crippen molar-refractivity contribution in [3.8, 4) is 17.4 Å². The average molecular weight is 365 g/mol. The van der Waals surface area contributed by atoms with Crippen molar-refractivity contribution in [2.45, 2.75) is 10.9 Å². The van der Waals surface area contributed by atoms with Gasteiger partial charge < -0.3 is 14.5 Å². The molecule has 0 atom stereocenters. The maximum atomic E-state index is 5.68. The second-order valence-electron chi connectivity index (χ2n) is 5.31. The number of thioether (sulfide) groups is 1. The smallest absolute Gasteiger partial charge is 0.215 e. The fraction of sp³-hybridized carbons (Fsp3) is 0.111. The van der Waals surface area contributed by atoms with Crippen LogP contribution < -0.4 is 9.47 Å². The lowest BCUT2D eigenvalue weighted by molar-refractivity contribution is 0.399. The van der Waals surface area contributed by atoms with E-state index in [1.165, 1.54) is 11.8 Å². The summed E-state index contributed by atoms with van der Waals surface area (Å²) in [7, 11) is 1.58. The van der Waals surface area contributed by atoms with E-state index in [9.17, 15) is 0 Å². The highest BCUT2D eigenvalue weighted by Gasteiger charge is 2.07. The summed E-state index contributed by atoms with van der Waals surface area (Å²) in [6, 6.07) is 13.2. The van der Waals surface area contributed by atoms with Crippen molar-refractivity contribution >= 4 is 22.9 Å². The van der Waals surface area contributed by atoms with E-state index >= 15 is 0 Å². The summed E-state index contributed by atoms with van der Waals surface area (Å²) in [6.45, 7) is 0. The van der Waals surface area contributed by atoms with Gasteiger partial charge in [-0.1, -0.05) is 30.0 Å². The number of fused-ring (bicyclic) bond motifs is 1. The molecule has 0 unspecified atom stereocenters. The zero-order valence-electron chi connectivity index (χ0n) is 13.9. The number of ether oxygens (including phenoxy) is 2. The van der Waals surface area contributed by atoms with Crippen molar-refractivity contribution in [1.29, 1.82) is 0 Å². The molecule has 1 N–H and O–H groups in total. The van der Waals surface area contributed by atoms with Crippen LogP contribution in [-0.2, 0) is 5.75 Å². The van der Waals surface area contributed by atoms with Crippen molar-refractivity contribution in [3.63, 3.8) is 0 Å². The first-order chi connectivity index (χ1) is 12.8. The van der Waals surface area contributed by atoms with Crippen LogP contribution in [0.5, 0.6) is 17.4 Å². The molecule has 0 amide bonds. The second kappa shape index (κ2) is 7.40. The van der Waals surface area contributed by atoms with Crippen LogP contribution in [-0.4, -0.2) is 32.0 Å². The third kappa shape index (κ3) is 3.75. The summed E-state index contributed by atoms with van der Waals surface area (Å²) in [4.78, 5) is 20.6. The van der Waals surface area contributed by atoms with E-state index in [4.69, 9.17) is 9.47 Å². The first-order valence-electron chi connectivity index (χ1n) is 7.87. The number of benzene rings is 1. The van der Waals surface area contributed by atoms with Crippen LogP contribution >= 0.6 is 11.8 Å². The standard InChI is InChI=1S/C18H15N5O2S/c1-24-16-8-7-14-17(23-16)22-15(21-14)11-26-18-19-9-13(10-20-18)25-12-5-3-2-4-6-12/h2-10H,11H2,1H3,(H,21,22,23). The Labute approximate surface area is 153 Å². The summed E-state index contributed by atoms with van der Waals surface area (Å²) in [5.41, 5.74) is 1.50. The quantitative estimate of drug-likeness (QED) is 0.410. The predicted octanol–water partition coefficient (Wildman–Crippen LogP) is 3.84. The molecule has 0 aliphatic rings. The molecule has 0 saturated heterocycles. The van der Waals surface area contributed by atoms with Gasteiger partial charge in [0.15, 0.2) is 16.6 Å². The van der Waals surface area contributed by atoms with Gasteiger partial charge in [0.05, 0.1) is 30.8 Å². The van der Waals surface area contributed by atoms with E-state index < -0.39 is 0 Å². The van der Waals surface area contributed by atoms with Crippen molar-refractivity contribution in [3.05, 3.63) is 60.7 Å². The Morgan fingerprint density at radius 1 is 0.962 bits per heavy atom. The van der Waals surface area contributed by atoms with E-state index in [0.29, 0.717) is 28.2 Å². The Hall–Kier alpha value is -3.13. The maximum Gasteiger partial charge on any atom is 0.215 e. The van der Waals surface area contributed by atoms with Crippen LogP contribution in [0.2, 0.25) is 0 Å². The van der Waals surface area contributed by atoms with Gasteiger partial charge in [0.2, 0.25) is 5.88 Å². The van der Waals surface area contributed by atoms with Crippen LogP contribution in [0.1, 0.15) is 5.82 Å². The highest BCUT2D eigenvalue weighted by Crippen LogP contribution is 2.23. The van der Waals surface area contributed by atoms with Crippen LogP contribution in [0.3, 0.4) is 0 Å². The summed E-state index contributed by atoms with van der Waals surface area (Å²) in [6.07, 6.45) is 3.32. The van der Waals surface area contributed by atoms with Gasteiger partial charge in [-0.25, -0.2) is 15.0 Å². The SMILES string of the molecule is COc1ccc2[nH]c(CSc3ncc(Oc4ccccc4)cn3)nc2n1. The van der Waals surface area contributed by atoms with Gasteiger partial charge in [-0.05, 0) is 18.2 Å². The van der Waals surface area contributed by atoms with E-state index in [-0.39, 0.29) is 0 Å². The van der Waals surface area contributed by atoms with E-state index in [1.54, 1.807) is 25.6 Å². The molecule has 0 spiro atoms. The largest absolute Gasteiger partial charge is 0.481 e. The lowest BCUT2D eigenvalue weighted by Gasteiger charge is -2.04. The summed E-state index contributed by atoms with van der Waals surface area (Å²) in [5, 5.41) is 0.649. The van der Waals surface area contributed by atoms with Gasteiger partial charge >= 0.3 is 0 Å². The summed E-state index contributed by atoms with van der Waals surface area (Å²) >= 11 is 1.48. The molecule has 0 radical (unpaired) electrons. The number of hydrogen-bond acceptors (Lipinski definition) is 7. The molecule has 0 bridgehead atoms. The molecule has 4 aromatic rings. The molecule has 1 aromatic carbocycles. The van der Waals surface area contributed by atoms with E-state index in [2.05, 4.69) is 24.9 Å². The molecule has 26 heavy (non-hydrogen) atoms. The number of hydrogen-bond donors (Lipinski definition) is 1. The number of imidazole rings is 1. The highest BCUT2D eigenvalue weighted by molar-refractivity contribution is 7.98. The minimum atomic E-state index is 0.542. The highest BCUT2D eigenvalue weighted by atomic mass is 32.2. The van der Waals surface area contributed by atoms with E-state index in [0.717, 1.165) is 17.1 Å². The predicted molar refractivity (Wildman–Crippen MR) is 98.5 cm³/mol. The van der Waals surface area contributed by atoms with Crippen LogP contribution in [0.25, 0.3) is 11.2 Å². The first kappa shape index (κ1) is 16.3. The van der Waals surface area contributed by atoms with Gasteiger partial charge in [-0.2, -0.15) is 4.98 Å². The number of aromatic amines is 1. The van der Waals surface area contributed by atoms with Gasteiger partial charge in [0, 0.05) is 6.07 Å². The monoisotopic (exact) mass is 365 g/mol. The van der Waals surface area contributed by atoms with Crippen molar-refractivity contribution in [1.82, 2.24) is 24.9 Å². The number of nitrogens with one attached hydrogen (secondary N) is 1. The lowest BCUT2D eigenvalue weighted by atomic mass is 10.3. The molecule has 4 rings (SSSR count). The summed E-state index contributed by atoms with van der Waals surface area (Å²) < 4.78 is 10.8. The number of methoxy groups -OCH3 is 1. The van der Waals surface area contributed by atoms with E-state index in [1.807, 2.05) is 36.4 Å². The molecule has 0 aliphatic heterocycles. The Morgan fingerprint density at radius 2 is 1.77 bits per heavy atom. The maximum absolute atomic E-state index is 5.68. The van der Waals surface area contributed by atoms with Gasteiger partial charge in [0.25, 0.3) is 0 Å². The number of H-pyrrole nitrogens is 1. The lowest BCUT2D eigenvalue weighted by Crippen LogP contribution is -1.91. The summed E-state index contributed by atoms with van der Waals surface area (Å²) in [5.74, 6) is 3.30. The van der Waals surface area contributed by atoms with Crippen LogP contribution in [0.15, 0.2) is 60.0 Å². The topological polar surface area (TPSA) is 85.8 Å². The molecule has 0 fully saturated rings. The Kier molecular flexibility index (Phi) is 4.65. The molecule has 0 saturated carbocycles. The number of nitrogens with zero attached hydrogens (tertiary/aromatic N) is 4. The minimum Gasteiger partial charge on any atom is -0.481 e. The molecule has 8 heteroatoms. The third-order valence-corrected chi connectivity index (χ3v) is 4.39. The van der Waals surface area contributed by atoms with Gasteiger partial charge in [-0.3, -0.25) is 0 Å². The molecule has 3 aromatic heterocycles. The molecular formula is C18H15N5O2S. The van der Waals surface area contributed by atoms with Crippen LogP contribution in [0, 0.1) is 0 Å². The fourth-order valence-electron chi connectivity index (χ4n) is 2.30. The number of aromatic nitrogens is 5. The van der Waals surface area contributed by atoms with Crippen molar-refractivity contribution in [2.24, 2.45) is 0 Å². The van der Waals surface area contributed by atoms with Crippen LogP contribution in [0.4, 0.5) is 0 Å². The molecule has 7 nitrogen and oxygen atoms in total. The third-order valence-electron chi connectivity index (χ3n) is 3.50. The molecule has 130 valence electrons. The zero-order chi connectivity index (χ0) is 17.8. The van der Waals surface area contributed by atoms with Gasteiger partial charge in [-0.15, -0.1) is 0 Å². The Bertz CT molecular complexity index is 1010. The zero-order valence-corrected chi connectivity index (χ0v) is 14.7. The number of para-hydroxylation sites is 1. The molecule has 0 aliphatic carbocycles.